The zero-order valence-corrected chi connectivity index (χ0v) is 17.5. The van der Waals surface area contributed by atoms with Gasteiger partial charge in [0, 0.05) is 25.4 Å². The molecule has 2 saturated heterocycles. The highest BCUT2D eigenvalue weighted by atomic mass is 19.3. The van der Waals surface area contributed by atoms with Crippen LogP contribution >= 0.6 is 0 Å². The van der Waals surface area contributed by atoms with E-state index in [1.807, 2.05) is 6.92 Å². The summed E-state index contributed by atoms with van der Waals surface area (Å²) in [5.74, 6) is -3.38. The van der Waals surface area contributed by atoms with Gasteiger partial charge in [0.25, 0.3) is 5.92 Å². The van der Waals surface area contributed by atoms with Crippen LogP contribution in [0.1, 0.15) is 84.0 Å². The molecule has 5 unspecified atom stereocenters. The number of aliphatic hydroxyl groups is 1. The first kappa shape index (κ1) is 22.9. The lowest BCUT2D eigenvalue weighted by molar-refractivity contribution is -0.198. The highest BCUT2D eigenvalue weighted by molar-refractivity contribution is 5.72. The summed E-state index contributed by atoms with van der Waals surface area (Å²) >= 11 is 0. The number of hydrogen-bond donors (Lipinski definition) is 1. The largest absolute Gasteiger partial charge is 0.462 e. The Bertz CT molecular complexity index is 523. The van der Waals surface area contributed by atoms with Gasteiger partial charge in [0.1, 0.15) is 12.2 Å². The van der Waals surface area contributed by atoms with Crippen molar-refractivity contribution in [2.75, 3.05) is 6.61 Å². The van der Waals surface area contributed by atoms with Crippen molar-refractivity contribution in [3.63, 3.8) is 0 Å². The number of carbonyl (C=O) groups excluding carboxylic acids is 1. The molecule has 7 heteroatoms. The first-order valence-electron chi connectivity index (χ1n) is 11.4. The maximum atomic E-state index is 14.3. The van der Waals surface area contributed by atoms with Crippen LogP contribution in [0.2, 0.25) is 0 Å². The zero-order valence-electron chi connectivity index (χ0n) is 17.5. The van der Waals surface area contributed by atoms with Gasteiger partial charge < -0.3 is 19.3 Å². The Balaban J connectivity index is 1.54. The van der Waals surface area contributed by atoms with Crippen LogP contribution in [-0.4, -0.2) is 48.2 Å². The monoisotopic (exact) mass is 418 g/mol. The number of carbonyl (C=O) groups is 1. The van der Waals surface area contributed by atoms with E-state index < -0.39 is 12.0 Å². The SMILES string of the molecule is CCCCCCC(F)(F)C(O)CC[C@H]1C(OC2CCCCO2)CC2OC(=O)CC21. The first-order chi connectivity index (χ1) is 13.9. The van der Waals surface area contributed by atoms with E-state index in [1.54, 1.807) is 0 Å². The molecule has 2 heterocycles. The Morgan fingerprint density at radius 2 is 2.10 bits per heavy atom. The van der Waals surface area contributed by atoms with Gasteiger partial charge in [-0.05, 0) is 44.4 Å². The molecule has 168 valence electrons. The number of halogens is 2. The van der Waals surface area contributed by atoms with Gasteiger partial charge in [-0.2, -0.15) is 0 Å². The van der Waals surface area contributed by atoms with Crippen molar-refractivity contribution in [1.29, 1.82) is 0 Å². The van der Waals surface area contributed by atoms with Crippen LogP contribution < -0.4 is 0 Å². The number of hydrogen-bond acceptors (Lipinski definition) is 5. The van der Waals surface area contributed by atoms with Crippen LogP contribution in [0.4, 0.5) is 8.78 Å². The lowest BCUT2D eigenvalue weighted by atomic mass is 9.86. The van der Waals surface area contributed by atoms with Crippen LogP contribution in [0.5, 0.6) is 0 Å². The maximum Gasteiger partial charge on any atom is 0.306 e. The summed E-state index contributed by atoms with van der Waals surface area (Å²) < 4.78 is 45.9. The molecule has 0 amide bonds. The maximum absolute atomic E-state index is 14.3. The van der Waals surface area contributed by atoms with E-state index in [2.05, 4.69) is 0 Å². The van der Waals surface area contributed by atoms with E-state index in [9.17, 15) is 18.7 Å². The van der Waals surface area contributed by atoms with Gasteiger partial charge in [-0.1, -0.05) is 26.2 Å². The second kappa shape index (κ2) is 10.5. The van der Waals surface area contributed by atoms with E-state index >= 15 is 0 Å². The topological polar surface area (TPSA) is 65.0 Å². The van der Waals surface area contributed by atoms with Crippen LogP contribution in [0.15, 0.2) is 0 Å². The second-order valence-electron chi connectivity index (χ2n) is 8.93. The summed E-state index contributed by atoms with van der Waals surface area (Å²) in [6.07, 6.45) is 4.76. The second-order valence-corrected chi connectivity index (χ2v) is 8.93. The number of rotatable bonds is 11. The molecule has 0 aromatic heterocycles. The van der Waals surface area contributed by atoms with Crippen LogP contribution in [0, 0.1) is 11.8 Å². The Kier molecular flexibility index (Phi) is 8.28. The molecule has 1 N–H and O–H groups in total. The minimum absolute atomic E-state index is 0.00817. The summed E-state index contributed by atoms with van der Waals surface area (Å²) in [6, 6.07) is 0. The molecule has 3 rings (SSSR count). The Morgan fingerprint density at radius 3 is 2.83 bits per heavy atom. The van der Waals surface area contributed by atoms with Gasteiger partial charge in [0.15, 0.2) is 6.29 Å². The molecule has 3 aliphatic rings. The molecule has 0 spiro atoms. The number of alkyl halides is 2. The minimum Gasteiger partial charge on any atom is -0.462 e. The van der Waals surface area contributed by atoms with Crippen molar-refractivity contribution in [3.8, 4) is 0 Å². The average Bonchev–Trinajstić information content (AvgIpc) is 3.19. The fourth-order valence-corrected chi connectivity index (χ4v) is 5.04. The molecule has 0 radical (unpaired) electrons. The molecule has 2 aliphatic heterocycles. The van der Waals surface area contributed by atoms with Gasteiger partial charge in [0.2, 0.25) is 0 Å². The average molecular weight is 419 g/mol. The van der Waals surface area contributed by atoms with E-state index in [1.165, 1.54) is 0 Å². The van der Waals surface area contributed by atoms with Crippen molar-refractivity contribution >= 4 is 5.97 Å². The number of ether oxygens (including phenoxy) is 3. The van der Waals surface area contributed by atoms with Crippen molar-refractivity contribution < 1.29 is 32.9 Å². The Hall–Kier alpha value is -0.790. The third-order valence-corrected chi connectivity index (χ3v) is 6.74. The number of unbranched alkanes of at least 4 members (excludes halogenated alkanes) is 3. The van der Waals surface area contributed by atoms with Gasteiger partial charge in [-0.15, -0.1) is 0 Å². The summed E-state index contributed by atoms with van der Waals surface area (Å²) in [6.45, 7) is 2.71. The third-order valence-electron chi connectivity index (χ3n) is 6.74. The zero-order chi connectivity index (χ0) is 20.9. The molecule has 5 nitrogen and oxygen atoms in total. The molecule has 0 aromatic carbocycles. The van der Waals surface area contributed by atoms with Crippen molar-refractivity contribution in [1.82, 2.24) is 0 Å². The summed E-state index contributed by atoms with van der Waals surface area (Å²) in [4.78, 5) is 11.7. The summed E-state index contributed by atoms with van der Waals surface area (Å²) in [7, 11) is 0. The molecular weight excluding hydrogens is 382 g/mol. The van der Waals surface area contributed by atoms with Crippen LogP contribution in [-0.2, 0) is 19.0 Å². The van der Waals surface area contributed by atoms with Crippen LogP contribution in [0.25, 0.3) is 0 Å². The molecule has 0 aromatic rings. The van der Waals surface area contributed by atoms with Gasteiger partial charge >= 0.3 is 5.97 Å². The number of esters is 1. The van der Waals surface area contributed by atoms with Gasteiger partial charge in [-0.25, -0.2) is 8.78 Å². The van der Waals surface area contributed by atoms with Gasteiger partial charge in [0.05, 0.1) is 12.5 Å². The molecule has 3 fully saturated rings. The standard InChI is InChI=1S/C22H36F2O5/c1-2-3-4-6-11-22(23,24)19(25)10-9-15-16-13-20(26)28-18(16)14-17(15)29-21-8-5-7-12-27-21/h15-19,21,25H,2-14H2,1H3/t15-,16?,17?,18?,19?,21?/m1/s1. The predicted octanol–water partition coefficient (Wildman–Crippen LogP) is 4.60. The summed E-state index contributed by atoms with van der Waals surface area (Å²) in [5, 5.41) is 10.2. The molecule has 0 bridgehead atoms. The Labute approximate surface area is 172 Å². The van der Waals surface area contributed by atoms with E-state index in [0.717, 1.165) is 38.5 Å². The molecule has 29 heavy (non-hydrogen) atoms. The highest BCUT2D eigenvalue weighted by Crippen LogP contribution is 2.46. The third kappa shape index (κ3) is 6.11. The van der Waals surface area contributed by atoms with E-state index in [-0.39, 0.29) is 49.1 Å². The van der Waals surface area contributed by atoms with Crippen molar-refractivity contribution in [2.24, 2.45) is 11.8 Å². The fourth-order valence-electron chi connectivity index (χ4n) is 5.04. The van der Waals surface area contributed by atoms with Crippen molar-refractivity contribution in [2.45, 2.75) is 114 Å². The van der Waals surface area contributed by atoms with Gasteiger partial charge in [-0.3, -0.25) is 4.79 Å². The molecule has 1 saturated carbocycles. The number of aliphatic hydroxyl groups excluding tert-OH is 1. The highest BCUT2D eigenvalue weighted by Gasteiger charge is 2.51. The lowest BCUT2D eigenvalue weighted by Gasteiger charge is -2.31. The van der Waals surface area contributed by atoms with Crippen molar-refractivity contribution in [3.05, 3.63) is 0 Å². The molecular formula is C22H36F2O5. The Morgan fingerprint density at radius 1 is 1.28 bits per heavy atom. The van der Waals surface area contributed by atoms with E-state index in [4.69, 9.17) is 14.2 Å². The van der Waals surface area contributed by atoms with E-state index in [0.29, 0.717) is 32.3 Å². The minimum atomic E-state index is -3.07. The fraction of sp³-hybridized carbons (Fsp3) is 0.955. The van der Waals surface area contributed by atoms with Crippen LogP contribution in [0.3, 0.4) is 0 Å². The lowest BCUT2D eigenvalue weighted by Crippen LogP contribution is -2.36. The molecule has 1 aliphatic carbocycles. The normalized spacial score (nSPS) is 33.5. The first-order valence-corrected chi connectivity index (χ1v) is 11.4. The molecule has 6 atom stereocenters. The predicted molar refractivity (Wildman–Crippen MR) is 104 cm³/mol. The smallest absolute Gasteiger partial charge is 0.306 e. The quantitative estimate of drug-likeness (QED) is 0.393. The summed E-state index contributed by atoms with van der Waals surface area (Å²) in [5.41, 5.74) is 0. The number of fused-ring (bicyclic) bond motifs is 1.